The summed E-state index contributed by atoms with van der Waals surface area (Å²) in [6.07, 6.45) is -0.641. The minimum absolute atomic E-state index is 0.581. The van der Waals surface area contributed by atoms with Crippen LogP contribution in [0, 0.1) is 0 Å². The van der Waals surface area contributed by atoms with E-state index in [1.807, 2.05) is 12.1 Å². The van der Waals surface area contributed by atoms with Crippen molar-refractivity contribution in [3.05, 3.63) is 223 Å². The molecule has 1 N–H and O–H groups in total. The third-order valence-electron chi connectivity index (χ3n) is 14.7. The molecule has 1 unspecified atom stereocenters. The predicted octanol–water partition coefficient (Wildman–Crippen LogP) is 16.1. The van der Waals surface area contributed by atoms with Crippen molar-refractivity contribution in [3.63, 3.8) is 0 Å². The maximum Gasteiger partial charge on any atom is 0.211 e. The van der Waals surface area contributed by atoms with Gasteiger partial charge in [0, 0.05) is 59.9 Å². The highest BCUT2D eigenvalue weighted by Gasteiger charge is 2.29. The van der Waals surface area contributed by atoms with E-state index in [2.05, 4.69) is 215 Å². The zero-order chi connectivity index (χ0) is 45.6. The van der Waals surface area contributed by atoms with Crippen LogP contribution < -0.4 is 5.32 Å². The average Bonchev–Trinajstić information content (AvgIpc) is 4.17. The quantitative estimate of drug-likeness (QED) is 0.192. The van der Waals surface area contributed by atoms with Crippen molar-refractivity contribution >= 4 is 132 Å². The van der Waals surface area contributed by atoms with E-state index in [0.29, 0.717) is 11.8 Å². The molecule has 5 heterocycles. The van der Waals surface area contributed by atoms with Gasteiger partial charge in [-0.1, -0.05) is 146 Å². The molecular formula is C63H37N5O2. The van der Waals surface area contributed by atoms with Crippen LogP contribution >= 0.6 is 0 Å². The molecule has 0 fully saturated rings. The van der Waals surface area contributed by atoms with E-state index in [4.69, 9.17) is 18.8 Å². The van der Waals surface area contributed by atoms with Crippen LogP contribution in [0.15, 0.2) is 231 Å². The highest BCUT2D eigenvalue weighted by molar-refractivity contribution is 6.25. The fourth-order valence-corrected chi connectivity index (χ4v) is 11.6. The first-order valence-electron chi connectivity index (χ1n) is 23.7. The van der Waals surface area contributed by atoms with Crippen LogP contribution in [0.5, 0.6) is 0 Å². The van der Waals surface area contributed by atoms with Crippen LogP contribution in [-0.2, 0) is 0 Å². The number of fused-ring (bicyclic) bond motifs is 17. The van der Waals surface area contributed by atoms with Crippen molar-refractivity contribution in [1.82, 2.24) is 14.5 Å². The number of aliphatic imine (C=N–C) groups is 2. The Balaban J connectivity index is 1.01. The Morgan fingerprint density at radius 1 is 0.386 bits per heavy atom. The van der Waals surface area contributed by atoms with E-state index in [-0.39, 0.29) is 0 Å². The average molecular weight is 896 g/mol. The van der Waals surface area contributed by atoms with Crippen molar-refractivity contribution in [1.29, 1.82) is 0 Å². The summed E-state index contributed by atoms with van der Waals surface area (Å²) in [5.41, 5.74) is 10.3. The fraction of sp³-hybridized carbons (Fsp3) is 0.0159. The molecule has 15 aromatic rings. The highest BCUT2D eigenvalue weighted by atomic mass is 16.3. The molecule has 1 atom stereocenters. The SMILES string of the molecule is c1ccc2cc3c(cc2c1)c1c2ccccc2ccc1n3-c1cc(C2N=C(c3ccc4c(c3)oc3ccccc34)N=C(n3c4ccccc4c4ccccc43)N2)c2oc3ccc4ccccc4c3c2c1. The summed E-state index contributed by atoms with van der Waals surface area (Å²) in [6.45, 7) is 0. The summed E-state index contributed by atoms with van der Waals surface area (Å²) >= 11 is 0. The fourth-order valence-electron chi connectivity index (χ4n) is 11.6. The molecule has 0 saturated heterocycles. The lowest BCUT2D eigenvalue weighted by Gasteiger charge is -2.25. The predicted molar refractivity (Wildman–Crippen MR) is 289 cm³/mol. The van der Waals surface area contributed by atoms with Gasteiger partial charge in [0.25, 0.3) is 0 Å². The van der Waals surface area contributed by atoms with Gasteiger partial charge >= 0.3 is 0 Å². The van der Waals surface area contributed by atoms with Gasteiger partial charge in [-0.05, 0) is 99.0 Å². The minimum Gasteiger partial charge on any atom is -0.456 e. The monoisotopic (exact) mass is 895 g/mol. The summed E-state index contributed by atoms with van der Waals surface area (Å²) in [4.78, 5) is 11.1. The standard InChI is InChI=1S/C63H37N5O2/c1-2-16-39-32-54-48(31-38(39)15-1)58-42-17-5-3-13-36(42)26-29-53(58)67(54)41-34-49-59-43-18-6-4-14-37(43)27-30-56(59)70-60(49)50(35-41)62-64-61(40-25-28-47-46-21-9-12-24-55(46)69-57(47)33-40)65-63(66-62)68-51-22-10-7-19-44(51)45-20-8-11-23-52(45)68/h1-35,62H,(H,64,65,66). The Bertz CT molecular complexity index is 4780. The zero-order valence-corrected chi connectivity index (χ0v) is 37.4. The lowest BCUT2D eigenvalue weighted by atomic mass is 10.0. The number of hydrogen-bond acceptors (Lipinski definition) is 5. The van der Waals surface area contributed by atoms with Gasteiger partial charge in [-0.2, -0.15) is 4.99 Å². The van der Waals surface area contributed by atoms with Gasteiger partial charge in [-0.3, -0.25) is 4.57 Å². The van der Waals surface area contributed by atoms with Crippen molar-refractivity contribution in [2.45, 2.75) is 6.17 Å². The summed E-state index contributed by atoms with van der Waals surface area (Å²) < 4.78 is 18.3. The maximum atomic E-state index is 7.13. The topological polar surface area (TPSA) is 72.9 Å². The second kappa shape index (κ2) is 14.0. The number of aromatic nitrogens is 2. The molecule has 0 bridgehead atoms. The molecular weight excluding hydrogens is 859 g/mol. The van der Waals surface area contributed by atoms with E-state index < -0.39 is 6.17 Å². The maximum absolute atomic E-state index is 7.13. The highest BCUT2D eigenvalue weighted by Crippen LogP contribution is 2.44. The van der Waals surface area contributed by atoms with Crippen LogP contribution in [0.4, 0.5) is 0 Å². The summed E-state index contributed by atoms with van der Waals surface area (Å²) in [7, 11) is 0. The van der Waals surface area contributed by atoms with Crippen molar-refractivity contribution in [2.24, 2.45) is 9.98 Å². The lowest BCUT2D eigenvalue weighted by molar-refractivity contribution is 0.623. The number of para-hydroxylation sites is 3. The largest absolute Gasteiger partial charge is 0.456 e. The lowest BCUT2D eigenvalue weighted by Crippen LogP contribution is -2.37. The molecule has 11 aromatic carbocycles. The molecule has 326 valence electrons. The van der Waals surface area contributed by atoms with Crippen LogP contribution in [0.2, 0.25) is 0 Å². The van der Waals surface area contributed by atoms with E-state index in [9.17, 15) is 0 Å². The Morgan fingerprint density at radius 2 is 1.01 bits per heavy atom. The third kappa shape index (κ3) is 5.28. The normalized spacial score (nSPS) is 14.4. The molecule has 1 aliphatic rings. The van der Waals surface area contributed by atoms with E-state index >= 15 is 0 Å². The van der Waals surface area contributed by atoms with Gasteiger partial charge in [-0.15, -0.1) is 0 Å². The smallest absolute Gasteiger partial charge is 0.211 e. The Labute approximate surface area is 398 Å². The van der Waals surface area contributed by atoms with Crippen LogP contribution in [0.1, 0.15) is 17.3 Å². The number of benzene rings is 11. The summed E-state index contributed by atoms with van der Waals surface area (Å²) in [6, 6.07) is 75.7. The van der Waals surface area contributed by atoms with Crippen molar-refractivity contribution in [2.75, 3.05) is 0 Å². The number of amidine groups is 1. The molecule has 7 heteroatoms. The van der Waals surface area contributed by atoms with Crippen molar-refractivity contribution < 1.29 is 8.83 Å². The molecule has 4 aromatic heterocycles. The Morgan fingerprint density at radius 3 is 1.79 bits per heavy atom. The second-order valence-corrected chi connectivity index (χ2v) is 18.5. The van der Waals surface area contributed by atoms with Crippen LogP contribution in [0.25, 0.3) is 125 Å². The van der Waals surface area contributed by atoms with Gasteiger partial charge < -0.3 is 18.7 Å². The summed E-state index contributed by atoms with van der Waals surface area (Å²) in [5, 5.41) is 19.9. The van der Waals surface area contributed by atoms with E-state index in [1.165, 1.54) is 32.3 Å². The van der Waals surface area contributed by atoms with Gasteiger partial charge in [0.15, 0.2) is 12.0 Å². The van der Waals surface area contributed by atoms with Crippen molar-refractivity contribution in [3.8, 4) is 5.69 Å². The number of nitrogens with one attached hydrogen (secondary N) is 1. The van der Waals surface area contributed by atoms with Crippen LogP contribution in [0.3, 0.4) is 0 Å². The number of furan rings is 2. The molecule has 0 spiro atoms. The van der Waals surface area contributed by atoms with E-state index in [1.54, 1.807) is 0 Å². The second-order valence-electron chi connectivity index (χ2n) is 18.5. The minimum atomic E-state index is -0.641. The summed E-state index contributed by atoms with van der Waals surface area (Å²) in [5.74, 6) is 1.24. The zero-order valence-electron chi connectivity index (χ0n) is 37.4. The molecule has 0 radical (unpaired) electrons. The molecule has 0 amide bonds. The Hall–Kier alpha value is -9.46. The number of rotatable bonds is 3. The molecule has 70 heavy (non-hydrogen) atoms. The molecule has 7 nitrogen and oxygen atoms in total. The van der Waals surface area contributed by atoms with Crippen LogP contribution in [-0.4, -0.2) is 20.9 Å². The van der Waals surface area contributed by atoms with Gasteiger partial charge in [0.05, 0.1) is 22.1 Å². The first kappa shape index (κ1) is 37.6. The first-order valence-corrected chi connectivity index (χ1v) is 23.7. The molecule has 1 aliphatic heterocycles. The van der Waals surface area contributed by atoms with Gasteiger partial charge in [0.1, 0.15) is 22.3 Å². The molecule has 0 aliphatic carbocycles. The number of hydrogen-bond donors (Lipinski definition) is 1. The first-order chi connectivity index (χ1) is 34.7. The molecule has 16 rings (SSSR count). The molecule has 0 saturated carbocycles. The third-order valence-corrected chi connectivity index (χ3v) is 14.7. The van der Waals surface area contributed by atoms with E-state index in [0.717, 1.165) is 104 Å². The number of nitrogens with zero attached hydrogens (tertiary/aromatic N) is 4. The van der Waals surface area contributed by atoms with Gasteiger partial charge in [-0.25, -0.2) is 4.99 Å². The Kier molecular flexibility index (Phi) is 7.55. The van der Waals surface area contributed by atoms with Gasteiger partial charge in [0.2, 0.25) is 5.96 Å².